The molecule has 0 saturated heterocycles. The number of rotatable bonds is 3. The van der Waals surface area contributed by atoms with Crippen LogP contribution in [-0.2, 0) is 0 Å². The van der Waals surface area contributed by atoms with Gasteiger partial charge >= 0.3 is 0 Å². The van der Waals surface area contributed by atoms with Gasteiger partial charge in [0.2, 0.25) is 0 Å². The van der Waals surface area contributed by atoms with Crippen molar-refractivity contribution < 1.29 is 0 Å². The number of hydrogen-bond acceptors (Lipinski definition) is 2. The van der Waals surface area contributed by atoms with Crippen molar-refractivity contribution in [1.29, 1.82) is 0 Å². The minimum absolute atomic E-state index is 0.741. The average molecular weight is 245 g/mol. The highest BCUT2D eigenvalue weighted by atomic mass is 35.5. The van der Waals surface area contributed by atoms with Crippen molar-refractivity contribution in [1.82, 2.24) is 0 Å². The Morgan fingerprint density at radius 1 is 1.12 bits per heavy atom. The highest BCUT2D eigenvalue weighted by Crippen LogP contribution is 2.19. The smallest absolute Gasteiger partial charge is 0.0576 e. The van der Waals surface area contributed by atoms with Crippen LogP contribution in [0.5, 0.6) is 0 Å². The lowest BCUT2D eigenvalue weighted by atomic mass is 10.2. The fraction of sp³-hybridized carbons (Fsp3) is 0.0714. The molecule has 0 bridgehead atoms. The maximum Gasteiger partial charge on any atom is 0.0576 e. The van der Waals surface area contributed by atoms with Gasteiger partial charge in [0.1, 0.15) is 0 Å². The van der Waals surface area contributed by atoms with Crippen LogP contribution in [0.15, 0.2) is 53.6 Å². The third-order valence-electron chi connectivity index (χ3n) is 2.38. The summed E-state index contributed by atoms with van der Waals surface area (Å²) in [5.74, 6) is 0. The van der Waals surface area contributed by atoms with Crippen LogP contribution in [0.25, 0.3) is 0 Å². The van der Waals surface area contributed by atoms with Crippen LogP contribution in [0, 0.1) is 6.92 Å². The second-order valence-corrected chi connectivity index (χ2v) is 4.15. The van der Waals surface area contributed by atoms with E-state index in [2.05, 4.69) is 10.5 Å². The highest BCUT2D eigenvalue weighted by molar-refractivity contribution is 6.31. The monoisotopic (exact) mass is 244 g/mol. The molecule has 17 heavy (non-hydrogen) atoms. The summed E-state index contributed by atoms with van der Waals surface area (Å²) in [6.07, 6.45) is 1.77. The van der Waals surface area contributed by atoms with Gasteiger partial charge in [-0.25, -0.2) is 0 Å². The second-order valence-electron chi connectivity index (χ2n) is 3.74. The van der Waals surface area contributed by atoms with Gasteiger partial charge in [0.15, 0.2) is 0 Å². The molecule has 2 aromatic rings. The lowest BCUT2D eigenvalue weighted by molar-refractivity contribution is 1.34. The molecular weight excluding hydrogens is 232 g/mol. The van der Waals surface area contributed by atoms with Crippen LogP contribution in [0.3, 0.4) is 0 Å². The van der Waals surface area contributed by atoms with Gasteiger partial charge in [0, 0.05) is 5.02 Å². The first kappa shape index (κ1) is 11.7. The van der Waals surface area contributed by atoms with Crippen molar-refractivity contribution in [2.75, 3.05) is 5.43 Å². The van der Waals surface area contributed by atoms with Crippen molar-refractivity contribution in [2.45, 2.75) is 6.92 Å². The number of nitrogens with zero attached hydrogens (tertiary/aromatic N) is 1. The number of aryl methyl sites for hydroxylation is 1. The largest absolute Gasteiger partial charge is 0.278 e. The zero-order valence-electron chi connectivity index (χ0n) is 9.52. The molecule has 0 unspecified atom stereocenters. The molecule has 2 aromatic carbocycles. The van der Waals surface area contributed by atoms with Gasteiger partial charge in [0.25, 0.3) is 0 Å². The van der Waals surface area contributed by atoms with E-state index >= 15 is 0 Å². The molecule has 0 aliphatic rings. The average Bonchev–Trinajstić information content (AvgIpc) is 2.35. The van der Waals surface area contributed by atoms with E-state index < -0.39 is 0 Å². The van der Waals surface area contributed by atoms with Gasteiger partial charge in [-0.1, -0.05) is 48.0 Å². The minimum atomic E-state index is 0.741. The maximum absolute atomic E-state index is 6.02. The number of hydrogen-bond donors (Lipinski definition) is 1. The molecule has 0 fully saturated rings. The molecule has 0 heterocycles. The van der Waals surface area contributed by atoms with Gasteiger partial charge in [-0.3, -0.25) is 5.43 Å². The standard InChI is InChI=1S/C14H13ClN2/c1-11-7-8-13(9-14(11)15)17-16-10-12-5-3-2-4-6-12/h2-10,17H,1H3/b16-10-. The Labute approximate surface area is 106 Å². The normalized spacial score (nSPS) is 10.7. The third kappa shape index (κ3) is 3.33. The predicted molar refractivity (Wildman–Crippen MR) is 73.8 cm³/mol. The summed E-state index contributed by atoms with van der Waals surface area (Å²) in [6, 6.07) is 15.7. The van der Waals surface area contributed by atoms with Gasteiger partial charge in [0.05, 0.1) is 11.9 Å². The van der Waals surface area contributed by atoms with E-state index in [0.717, 1.165) is 21.8 Å². The number of benzene rings is 2. The number of hydrazone groups is 1. The first-order chi connectivity index (χ1) is 8.25. The zero-order chi connectivity index (χ0) is 12.1. The Morgan fingerprint density at radius 2 is 1.88 bits per heavy atom. The Hall–Kier alpha value is -1.80. The molecule has 0 aliphatic carbocycles. The maximum atomic E-state index is 6.02. The zero-order valence-corrected chi connectivity index (χ0v) is 10.3. The van der Waals surface area contributed by atoms with E-state index in [-0.39, 0.29) is 0 Å². The molecule has 0 spiro atoms. The van der Waals surface area contributed by atoms with E-state index in [4.69, 9.17) is 11.6 Å². The summed E-state index contributed by atoms with van der Waals surface area (Å²) in [4.78, 5) is 0. The molecular formula is C14H13ClN2. The van der Waals surface area contributed by atoms with Gasteiger partial charge in [-0.05, 0) is 30.2 Å². The Morgan fingerprint density at radius 3 is 2.59 bits per heavy atom. The number of halogens is 1. The van der Waals surface area contributed by atoms with E-state index in [1.165, 1.54) is 0 Å². The fourth-order valence-electron chi connectivity index (χ4n) is 1.38. The first-order valence-electron chi connectivity index (χ1n) is 5.36. The summed E-state index contributed by atoms with van der Waals surface area (Å²) >= 11 is 6.02. The van der Waals surface area contributed by atoms with Crippen LogP contribution in [0.1, 0.15) is 11.1 Å². The third-order valence-corrected chi connectivity index (χ3v) is 2.79. The highest BCUT2D eigenvalue weighted by Gasteiger charge is 1.95. The van der Waals surface area contributed by atoms with E-state index in [1.54, 1.807) is 6.21 Å². The quantitative estimate of drug-likeness (QED) is 0.638. The van der Waals surface area contributed by atoms with Crippen molar-refractivity contribution in [3.05, 3.63) is 64.7 Å². The van der Waals surface area contributed by atoms with Crippen LogP contribution in [-0.4, -0.2) is 6.21 Å². The molecule has 3 heteroatoms. The van der Waals surface area contributed by atoms with Crippen LogP contribution in [0.4, 0.5) is 5.69 Å². The molecule has 2 nitrogen and oxygen atoms in total. The second kappa shape index (κ2) is 5.51. The van der Waals surface area contributed by atoms with Gasteiger partial charge < -0.3 is 0 Å². The Kier molecular flexibility index (Phi) is 3.78. The molecule has 0 saturated carbocycles. The Bertz CT molecular complexity index is 521. The summed E-state index contributed by atoms with van der Waals surface area (Å²) in [6.45, 7) is 1.97. The summed E-state index contributed by atoms with van der Waals surface area (Å²) < 4.78 is 0. The SMILES string of the molecule is Cc1ccc(N/N=C\c2ccccc2)cc1Cl. The molecule has 0 radical (unpaired) electrons. The van der Waals surface area contributed by atoms with Crippen LogP contribution < -0.4 is 5.43 Å². The van der Waals surface area contributed by atoms with E-state index in [0.29, 0.717) is 0 Å². The number of anilines is 1. The molecule has 0 atom stereocenters. The van der Waals surface area contributed by atoms with Gasteiger partial charge in [-0.15, -0.1) is 0 Å². The molecule has 1 N–H and O–H groups in total. The van der Waals surface area contributed by atoms with Gasteiger partial charge in [-0.2, -0.15) is 5.10 Å². The molecule has 2 rings (SSSR count). The summed E-state index contributed by atoms with van der Waals surface area (Å²) in [5, 5.41) is 4.89. The Balaban J connectivity index is 2.03. The predicted octanol–water partition coefficient (Wildman–Crippen LogP) is 4.09. The van der Waals surface area contributed by atoms with Crippen molar-refractivity contribution >= 4 is 23.5 Å². The molecule has 0 amide bonds. The minimum Gasteiger partial charge on any atom is -0.278 e. The number of nitrogens with one attached hydrogen (secondary N) is 1. The molecule has 0 aromatic heterocycles. The summed E-state index contributed by atoms with van der Waals surface area (Å²) in [5.41, 5.74) is 5.94. The van der Waals surface area contributed by atoms with Crippen molar-refractivity contribution in [3.63, 3.8) is 0 Å². The fourth-order valence-corrected chi connectivity index (χ4v) is 1.56. The molecule has 86 valence electrons. The lowest BCUT2D eigenvalue weighted by Gasteiger charge is -2.02. The molecule has 0 aliphatic heterocycles. The lowest BCUT2D eigenvalue weighted by Crippen LogP contribution is -1.90. The van der Waals surface area contributed by atoms with Crippen LogP contribution >= 0.6 is 11.6 Å². The van der Waals surface area contributed by atoms with Crippen molar-refractivity contribution in [2.24, 2.45) is 5.10 Å². The first-order valence-corrected chi connectivity index (χ1v) is 5.74. The summed E-state index contributed by atoms with van der Waals surface area (Å²) in [7, 11) is 0. The van der Waals surface area contributed by atoms with E-state index in [1.807, 2.05) is 55.5 Å². The topological polar surface area (TPSA) is 24.4 Å². The van der Waals surface area contributed by atoms with Crippen LogP contribution in [0.2, 0.25) is 5.02 Å². The van der Waals surface area contributed by atoms with E-state index in [9.17, 15) is 0 Å². The van der Waals surface area contributed by atoms with Crippen molar-refractivity contribution in [3.8, 4) is 0 Å².